The third kappa shape index (κ3) is 4.52. The number of rotatable bonds is 7. The van der Waals surface area contributed by atoms with E-state index in [0.717, 1.165) is 11.3 Å². The van der Waals surface area contributed by atoms with Crippen LogP contribution in [0.25, 0.3) is 0 Å². The van der Waals surface area contributed by atoms with Crippen LogP contribution in [0.5, 0.6) is 0 Å². The monoisotopic (exact) mass is 298 g/mol. The number of hydrogen-bond acceptors (Lipinski definition) is 3. The molecule has 0 spiro atoms. The average molecular weight is 298 g/mol. The Morgan fingerprint density at radius 2 is 2.10 bits per heavy atom. The van der Waals surface area contributed by atoms with E-state index in [0.29, 0.717) is 13.1 Å². The maximum Gasteiger partial charge on any atom is 0.323 e. The van der Waals surface area contributed by atoms with Crippen molar-refractivity contribution in [3.63, 3.8) is 0 Å². The first-order chi connectivity index (χ1) is 9.49. The second kappa shape index (κ2) is 7.89. The molecule has 0 bridgehead atoms. The topological polar surface area (TPSA) is 60.9 Å². The molecule has 2 amide bonds. The number of carboxylic acids is 1. The van der Waals surface area contributed by atoms with E-state index < -0.39 is 5.97 Å². The zero-order valence-electron chi connectivity index (χ0n) is 12.2. The first-order valence-electron chi connectivity index (χ1n) is 6.79. The maximum absolute atomic E-state index is 12.5. The normalized spacial score (nSPS) is 11.9. The summed E-state index contributed by atoms with van der Waals surface area (Å²) in [6, 6.07) is 3.63. The highest BCUT2D eigenvalue weighted by Crippen LogP contribution is 2.15. The van der Waals surface area contributed by atoms with Crippen LogP contribution in [0.2, 0.25) is 0 Å². The summed E-state index contributed by atoms with van der Waals surface area (Å²) in [6.07, 6.45) is 0.732. The van der Waals surface area contributed by atoms with Gasteiger partial charge >= 0.3 is 12.0 Å². The smallest absolute Gasteiger partial charge is 0.323 e. The fourth-order valence-corrected chi connectivity index (χ4v) is 2.58. The lowest BCUT2D eigenvalue weighted by Gasteiger charge is -2.32. The predicted octanol–water partition coefficient (Wildman–Crippen LogP) is 2.88. The molecule has 1 rings (SSSR count). The number of amides is 2. The summed E-state index contributed by atoms with van der Waals surface area (Å²) >= 11 is 1.60. The van der Waals surface area contributed by atoms with Crippen LogP contribution >= 0.6 is 11.3 Å². The standard InChI is InChI=1S/C14H22N2O3S/c1-4-11(3)16(10-13(17)18)14(19)15(5-2)9-12-7-6-8-20-12/h6-8,11H,4-5,9-10H2,1-3H3,(H,17,18). The molecule has 0 aromatic carbocycles. The number of aliphatic carboxylic acids is 1. The van der Waals surface area contributed by atoms with E-state index in [4.69, 9.17) is 5.11 Å². The van der Waals surface area contributed by atoms with Crippen LogP contribution in [0.4, 0.5) is 4.79 Å². The molecule has 6 heteroatoms. The van der Waals surface area contributed by atoms with Crippen molar-refractivity contribution in [2.75, 3.05) is 13.1 Å². The Hall–Kier alpha value is -1.56. The lowest BCUT2D eigenvalue weighted by Crippen LogP contribution is -2.48. The first-order valence-corrected chi connectivity index (χ1v) is 7.67. The molecule has 0 aliphatic heterocycles. The fourth-order valence-electron chi connectivity index (χ4n) is 1.87. The van der Waals surface area contributed by atoms with Crippen LogP contribution < -0.4 is 0 Å². The molecule has 1 N–H and O–H groups in total. The molecule has 0 saturated carbocycles. The number of carboxylic acid groups (broad SMARTS) is 1. The molecule has 1 aromatic rings. The second-order valence-electron chi connectivity index (χ2n) is 4.66. The molecule has 0 radical (unpaired) electrons. The summed E-state index contributed by atoms with van der Waals surface area (Å²) in [6.45, 7) is 6.56. The van der Waals surface area contributed by atoms with Gasteiger partial charge in [-0.2, -0.15) is 0 Å². The van der Waals surface area contributed by atoms with Crippen LogP contribution in [-0.2, 0) is 11.3 Å². The lowest BCUT2D eigenvalue weighted by molar-refractivity contribution is -0.138. The highest BCUT2D eigenvalue weighted by molar-refractivity contribution is 7.09. The molecule has 0 saturated heterocycles. The number of urea groups is 1. The molecule has 1 aromatic heterocycles. The molecule has 20 heavy (non-hydrogen) atoms. The van der Waals surface area contributed by atoms with Crippen molar-refractivity contribution < 1.29 is 14.7 Å². The molecular formula is C14H22N2O3S. The summed E-state index contributed by atoms with van der Waals surface area (Å²) in [5, 5.41) is 10.9. The number of carbonyl (C=O) groups excluding carboxylic acids is 1. The van der Waals surface area contributed by atoms with Gasteiger partial charge in [0.2, 0.25) is 0 Å². The molecular weight excluding hydrogens is 276 g/mol. The van der Waals surface area contributed by atoms with Crippen molar-refractivity contribution in [2.45, 2.75) is 39.8 Å². The quantitative estimate of drug-likeness (QED) is 0.842. The highest BCUT2D eigenvalue weighted by atomic mass is 32.1. The number of carbonyl (C=O) groups is 2. The van der Waals surface area contributed by atoms with Gasteiger partial charge in [-0.3, -0.25) is 4.79 Å². The van der Waals surface area contributed by atoms with Gasteiger partial charge < -0.3 is 14.9 Å². The summed E-state index contributed by atoms with van der Waals surface area (Å²) < 4.78 is 0. The Kier molecular flexibility index (Phi) is 6.51. The number of thiophene rings is 1. The molecule has 112 valence electrons. The van der Waals surface area contributed by atoms with Gasteiger partial charge in [0.25, 0.3) is 0 Å². The van der Waals surface area contributed by atoms with E-state index in [1.54, 1.807) is 16.2 Å². The van der Waals surface area contributed by atoms with Crippen molar-refractivity contribution in [2.24, 2.45) is 0 Å². The molecule has 1 atom stereocenters. The summed E-state index contributed by atoms with van der Waals surface area (Å²) in [5.74, 6) is -0.981. The van der Waals surface area contributed by atoms with Crippen molar-refractivity contribution in [1.29, 1.82) is 0 Å². The van der Waals surface area contributed by atoms with Crippen molar-refractivity contribution >= 4 is 23.3 Å². The van der Waals surface area contributed by atoms with Gasteiger partial charge in [-0.25, -0.2) is 4.79 Å². The molecule has 0 fully saturated rings. The zero-order chi connectivity index (χ0) is 15.1. The minimum atomic E-state index is -0.981. The molecule has 1 unspecified atom stereocenters. The Morgan fingerprint density at radius 3 is 2.55 bits per heavy atom. The molecule has 0 aliphatic rings. The van der Waals surface area contributed by atoms with Crippen LogP contribution in [0.1, 0.15) is 32.1 Å². The van der Waals surface area contributed by atoms with Crippen LogP contribution in [0, 0.1) is 0 Å². The number of hydrogen-bond donors (Lipinski definition) is 1. The Bertz CT molecular complexity index is 434. The molecule has 0 aliphatic carbocycles. The summed E-state index contributed by atoms with van der Waals surface area (Å²) in [4.78, 5) is 27.7. The van der Waals surface area contributed by atoms with E-state index in [1.165, 1.54) is 4.90 Å². The third-order valence-electron chi connectivity index (χ3n) is 3.25. The van der Waals surface area contributed by atoms with Crippen molar-refractivity contribution in [3.8, 4) is 0 Å². The van der Waals surface area contributed by atoms with Gasteiger partial charge in [0, 0.05) is 17.5 Å². The van der Waals surface area contributed by atoms with Gasteiger partial charge in [0.05, 0.1) is 6.54 Å². The van der Waals surface area contributed by atoms with Gasteiger partial charge in [-0.1, -0.05) is 13.0 Å². The molecule has 1 heterocycles. The maximum atomic E-state index is 12.5. The second-order valence-corrected chi connectivity index (χ2v) is 5.69. The Balaban J connectivity index is 2.81. The summed E-state index contributed by atoms with van der Waals surface area (Å²) in [7, 11) is 0. The van der Waals surface area contributed by atoms with E-state index in [2.05, 4.69) is 0 Å². The van der Waals surface area contributed by atoms with Crippen molar-refractivity contribution in [3.05, 3.63) is 22.4 Å². The van der Waals surface area contributed by atoms with Gasteiger partial charge in [0.15, 0.2) is 0 Å². The van der Waals surface area contributed by atoms with E-state index in [9.17, 15) is 9.59 Å². The first kappa shape index (κ1) is 16.5. The Labute approximate surface area is 123 Å². The van der Waals surface area contributed by atoms with Gasteiger partial charge in [-0.05, 0) is 31.7 Å². The van der Waals surface area contributed by atoms with E-state index in [-0.39, 0.29) is 18.6 Å². The Morgan fingerprint density at radius 1 is 1.40 bits per heavy atom. The average Bonchev–Trinajstić information content (AvgIpc) is 2.93. The number of nitrogens with zero attached hydrogens (tertiary/aromatic N) is 2. The fraction of sp³-hybridized carbons (Fsp3) is 0.571. The summed E-state index contributed by atoms with van der Waals surface area (Å²) in [5.41, 5.74) is 0. The van der Waals surface area contributed by atoms with Crippen molar-refractivity contribution in [1.82, 2.24) is 9.80 Å². The van der Waals surface area contributed by atoms with E-state index >= 15 is 0 Å². The largest absolute Gasteiger partial charge is 0.480 e. The third-order valence-corrected chi connectivity index (χ3v) is 4.11. The lowest BCUT2D eigenvalue weighted by atomic mass is 10.2. The van der Waals surface area contributed by atoms with Gasteiger partial charge in [0.1, 0.15) is 6.54 Å². The van der Waals surface area contributed by atoms with Crippen LogP contribution in [-0.4, -0.2) is 46.0 Å². The minimum Gasteiger partial charge on any atom is -0.480 e. The minimum absolute atomic E-state index is 0.0871. The predicted molar refractivity (Wildman–Crippen MR) is 79.9 cm³/mol. The van der Waals surface area contributed by atoms with Gasteiger partial charge in [-0.15, -0.1) is 11.3 Å². The molecule has 5 nitrogen and oxygen atoms in total. The van der Waals surface area contributed by atoms with Crippen LogP contribution in [0.15, 0.2) is 17.5 Å². The highest BCUT2D eigenvalue weighted by Gasteiger charge is 2.25. The van der Waals surface area contributed by atoms with E-state index in [1.807, 2.05) is 38.3 Å². The van der Waals surface area contributed by atoms with Crippen LogP contribution in [0.3, 0.4) is 0 Å². The zero-order valence-corrected chi connectivity index (χ0v) is 13.0. The SMILES string of the molecule is CCC(C)N(CC(=O)O)C(=O)N(CC)Cc1cccs1.